The molecular formula is C22H31ClN4O4. The third-order valence-electron chi connectivity index (χ3n) is 5.89. The second-order valence-electron chi connectivity index (χ2n) is 8.53. The first-order chi connectivity index (χ1) is 14.7. The molecule has 8 nitrogen and oxygen atoms in total. The number of amides is 4. The number of benzene rings is 1. The molecule has 2 heterocycles. The number of piperidine rings is 1. The van der Waals surface area contributed by atoms with E-state index < -0.39 is 12.1 Å². The Balaban J connectivity index is 1.46. The van der Waals surface area contributed by atoms with Gasteiger partial charge < -0.3 is 25.1 Å². The average Bonchev–Trinajstić information content (AvgIpc) is 2.70. The summed E-state index contributed by atoms with van der Waals surface area (Å²) < 4.78 is 0. The second kappa shape index (κ2) is 10.3. The number of likely N-dealkylation sites (tertiary alicyclic amines) is 1. The van der Waals surface area contributed by atoms with Gasteiger partial charge in [-0.15, -0.1) is 0 Å². The van der Waals surface area contributed by atoms with E-state index in [4.69, 9.17) is 11.6 Å². The highest BCUT2D eigenvalue weighted by molar-refractivity contribution is 6.30. The lowest BCUT2D eigenvalue weighted by atomic mass is 9.97. The van der Waals surface area contributed by atoms with Crippen LogP contribution in [-0.4, -0.2) is 82.5 Å². The van der Waals surface area contributed by atoms with E-state index in [0.717, 1.165) is 6.42 Å². The van der Waals surface area contributed by atoms with E-state index in [1.807, 2.05) is 6.92 Å². The summed E-state index contributed by atoms with van der Waals surface area (Å²) in [7, 11) is 0. The van der Waals surface area contributed by atoms with Crippen molar-refractivity contribution in [1.29, 1.82) is 0 Å². The molecule has 4 amide bonds. The molecule has 2 fully saturated rings. The summed E-state index contributed by atoms with van der Waals surface area (Å²) in [5.74, 6) is 0.189. The van der Waals surface area contributed by atoms with Gasteiger partial charge in [-0.25, -0.2) is 4.79 Å². The van der Waals surface area contributed by atoms with E-state index in [1.54, 1.807) is 41.0 Å². The van der Waals surface area contributed by atoms with Gasteiger partial charge in [0.15, 0.2) is 0 Å². The number of anilines is 1. The van der Waals surface area contributed by atoms with Gasteiger partial charge in [-0.3, -0.25) is 9.59 Å². The number of halogens is 1. The number of rotatable bonds is 5. The van der Waals surface area contributed by atoms with Crippen LogP contribution in [0.25, 0.3) is 0 Å². The van der Waals surface area contributed by atoms with Crippen LogP contribution in [0.4, 0.5) is 10.5 Å². The predicted molar refractivity (Wildman–Crippen MR) is 119 cm³/mol. The molecule has 0 saturated carbocycles. The molecule has 2 aliphatic rings. The molecule has 2 N–H and O–H groups in total. The molecule has 0 aromatic heterocycles. The molecule has 0 aliphatic carbocycles. The number of nitrogens with zero attached hydrogens (tertiary/aromatic N) is 3. The Kier molecular flexibility index (Phi) is 7.78. The fourth-order valence-electron chi connectivity index (χ4n) is 4.29. The zero-order valence-electron chi connectivity index (χ0n) is 18.1. The number of hydrogen-bond donors (Lipinski definition) is 2. The first-order valence-corrected chi connectivity index (χ1v) is 11.2. The number of nitrogens with one attached hydrogen (secondary N) is 1. The van der Waals surface area contributed by atoms with E-state index in [2.05, 4.69) is 5.32 Å². The van der Waals surface area contributed by atoms with E-state index in [9.17, 15) is 19.5 Å². The number of carbonyl (C=O) groups is 3. The van der Waals surface area contributed by atoms with Crippen molar-refractivity contribution in [2.24, 2.45) is 5.92 Å². The van der Waals surface area contributed by atoms with Crippen molar-refractivity contribution in [1.82, 2.24) is 14.7 Å². The molecule has 0 unspecified atom stereocenters. The number of aliphatic hydroxyl groups is 1. The van der Waals surface area contributed by atoms with Gasteiger partial charge in [0.1, 0.15) is 6.04 Å². The van der Waals surface area contributed by atoms with Gasteiger partial charge in [-0.2, -0.15) is 0 Å². The quantitative estimate of drug-likeness (QED) is 0.720. The molecule has 9 heteroatoms. The molecule has 2 saturated heterocycles. The van der Waals surface area contributed by atoms with Gasteiger partial charge in [-0.1, -0.05) is 24.6 Å². The summed E-state index contributed by atoms with van der Waals surface area (Å²) in [5, 5.41) is 13.2. The zero-order chi connectivity index (χ0) is 22.5. The Morgan fingerprint density at radius 2 is 2.00 bits per heavy atom. The molecule has 3 atom stereocenters. The molecule has 0 radical (unpaired) electrons. The van der Waals surface area contributed by atoms with Crippen LogP contribution in [0.5, 0.6) is 0 Å². The van der Waals surface area contributed by atoms with E-state index in [0.29, 0.717) is 62.2 Å². The lowest BCUT2D eigenvalue weighted by Crippen LogP contribution is -2.58. The number of aliphatic hydroxyl groups excluding tert-OH is 1. The molecule has 1 aromatic rings. The maximum absolute atomic E-state index is 12.8. The van der Waals surface area contributed by atoms with Crippen LogP contribution in [-0.2, 0) is 9.59 Å². The molecular weight excluding hydrogens is 420 g/mol. The fourth-order valence-corrected chi connectivity index (χ4v) is 4.48. The molecule has 0 bridgehead atoms. The van der Waals surface area contributed by atoms with Crippen molar-refractivity contribution in [3.63, 3.8) is 0 Å². The normalized spacial score (nSPS) is 24.3. The van der Waals surface area contributed by atoms with Crippen molar-refractivity contribution in [3.8, 4) is 0 Å². The SMILES string of the molecule is C[C@H]1C[C@H](O)CN(C(=O)CCCN2CCN(C(=O)Nc3cccc(Cl)c3)[C@@H](C)C2=O)C1. The molecule has 2 aliphatic heterocycles. The van der Waals surface area contributed by atoms with Crippen LogP contribution >= 0.6 is 11.6 Å². The van der Waals surface area contributed by atoms with Crippen LogP contribution in [0.3, 0.4) is 0 Å². The standard InChI is InChI=1S/C22H31ClN4O4/c1-15-11-19(28)14-26(13-15)20(29)7-4-8-25-9-10-27(16(2)21(25)30)22(31)24-18-6-3-5-17(23)12-18/h3,5-6,12,15-16,19,28H,4,7-11,13-14H2,1-2H3,(H,24,31)/t15-,16-,19-/m0/s1. The topological polar surface area (TPSA) is 93.2 Å². The van der Waals surface area contributed by atoms with Crippen molar-refractivity contribution in [2.75, 3.05) is 38.0 Å². The molecule has 1 aromatic carbocycles. The number of β-amino-alcohol motifs (C(OH)–C–C–N with tert-alkyl or cyclic N) is 1. The predicted octanol–water partition coefficient (Wildman–Crippen LogP) is 2.41. The summed E-state index contributed by atoms with van der Waals surface area (Å²) in [6.45, 7) is 6.14. The number of hydrogen-bond acceptors (Lipinski definition) is 4. The summed E-state index contributed by atoms with van der Waals surface area (Å²) >= 11 is 5.95. The maximum atomic E-state index is 12.8. The van der Waals surface area contributed by atoms with Gasteiger partial charge in [0.2, 0.25) is 11.8 Å². The minimum absolute atomic E-state index is 0.0191. The zero-order valence-corrected chi connectivity index (χ0v) is 18.8. The first-order valence-electron chi connectivity index (χ1n) is 10.8. The van der Waals surface area contributed by atoms with Crippen LogP contribution < -0.4 is 5.32 Å². The largest absolute Gasteiger partial charge is 0.391 e. The summed E-state index contributed by atoms with van der Waals surface area (Å²) in [4.78, 5) is 42.8. The van der Waals surface area contributed by atoms with E-state index >= 15 is 0 Å². The minimum atomic E-state index is -0.582. The summed E-state index contributed by atoms with van der Waals surface area (Å²) in [6.07, 6.45) is 1.18. The van der Waals surface area contributed by atoms with Gasteiger partial charge in [0.25, 0.3) is 0 Å². The van der Waals surface area contributed by atoms with Crippen LogP contribution in [0, 0.1) is 5.92 Å². The average molecular weight is 451 g/mol. The third kappa shape index (κ3) is 6.11. The fraction of sp³-hybridized carbons (Fsp3) is 0.591. The van der Waals surface area contributed by atoms with Crippen LogP contribution in [0.15, 0.2) is 24.3 Å². The number of piperazine rings is 1. The minimum Gasteiger partial charge on any atom is -0.391 e. The Morgan fingerprint density at radius 1 is 1.23 bits per heavy atom. The molecule has 3 rings (SSSR count). The highest BCUT2D eigenvalue weighted by atomic mass is 35.5. The van der Waals surface area contributed by atoms with E-state index in [1.165, 1.54) is 4.90 Å². The monoisotopic (exact) mass is 450 g/mol. The van der Waals surface area contributed by atoms with Crippen molar-refractivity contribution in [3.05, 3.63) is 29.3 Å². The van der Waals surface area contributed by atoms with Crippen molar-refractivity contribution >= 4 is 35.1 Å². The first kappa shape index (κ1) is 23.3. The van der Waals surface area contributed by atoms with Crippen LogP contribution in [0.1, 0.15) is 33.1 Å². The Hall–Kier alpha value is -2.32. The lowest BCUT2D eigenvalue weighted by molar-refractivity contribution is -0.140. The molecule has 170 valence electrons. The van der Waals surface area contributed by atoms with E-state index in [-0.39, 0.29) is 17.8 Å². The van der Waals surface area contributed by atoms with Crippen molar-refractivity contribution in [2.45, 2.75) is 45.3 Å². The Labute approximate surface area is 188 Å². The third-order valence-corrected chi connectivity index (χ3v) is 6.13. The van der Waals surface area contributed by atoms with Gasteiger partial charge in [0.05, 0.1) is 6.10 Å². The van der Waals surface area contributed by atoms with Gasteiger partial charge >= 0.3 is 6.03 Å². The van der Waals surface area contributed by atoms with Crippen molar-refractivity contribution < 1.29 is 19.5 Å². The Bertz CT molecular complexity index is 810. The smallest absolute Gasteiger partial charge is 0.322 e. The van der Waals surface area contributed by atoms with Crippen LogP contribution in [0.2, 0.25) is 5.02 Å². The lowest BCUT2D eigenvalue weighted by Gasteiger charge is -2.39. The highest BCUT2D eigenvalue weighted by Crippen LogP contribution is 2.19. The molecule has 31 heavy (non-hydrogen) atoms. The second-order valence-corrected chi connectivity index (χ2v) is 8.97. The molecule has 0 spiro atoms. The number of urea groups is 1. The van der Waals surface area contributed by atoms with Gasteiger partial charge in [0, 0.05) is 49.9 Å². The number of carbonyl (C=O) groups excluding carboxylic acids is 3. The summed E-state index contributed by atoms with van der Waals surface area (Å²) in [6, 6.07) is 5.95. The summed E-state index contributed by atoms with van der Waals surface area (Å²) in [5.41, 5.74) is 0.579. The van der Waals surface area contributed by atoms with Gasteiger partial charge in [-0.05, 0) is 43.9 Å². The highest BCUT2D eigenvalue weighted by Gasteiger charge is 2.34. The Morgan fingerprint density at radius 3 is 2.71 bits per heavy atom. The maximum Gasteiger partial charge on any atom is 0.322 e.